The zero-order chi connectivity index (χ0) is 37.3. The van der Waals surface area contributed by atoms with Gasteiger partial charge in [0.2, 0.25) is 0 Å². The van der Waals surface area contributed by atoms with Crippen molar-refractivity contribution in [2.24, 2.45) is 16.7 Å². The number of ketones is 1. The molecule has 0 saturated carbocycles. The zero-order valence-electron chi connectivity index (χ0n) is 32.9. The molecule has 0 saturated heterocycles. The van der Waals surface area contributed by atoms with E-state index in [9.17, 15) is 9.90 Å². The van der Waals surface area contributed by atoms with E-state index in [1.54, 1.807) is 0 Å². The number of hydrogen-bond acceptors (Lipinski definition) is 5. The molecule has 4 nitrogen and oxygen atoms in total. The number of thiophene rings is 1. The van der Waals surface area contributed by atoms with Crippen molar-refractivity contribution >= 4 is 59.0 Å². The number of pyridine rings is 1. The van der Waals surface area contributed by atoms with Gasteiger partial charge < -0.3 is 9.52 Å². The first-order valence-electron chi connectivity index (χ1n) is 18.7. The van der Waals surface area contributed by atoms with Gasteiger partial charge in [0.05, 0.1) is 0 Å². The standard InChI is InChI=1S/C31H28NOS.C15H28O2.Ir/c1-18(2)14-21-17-24-26(33-21)10-11-27-28(24)23-12-13-32-29(30(23)34-27)20-15-19-8-6-7-9-22(19)25(16-20)31(3,4)5;1-7-14(5,8-2)12(16)11-13(17)15(6,9-3)10-4;/h6-13,16-18H,14H2,1-5H3;11,16H,7-10H2,1-6H3;/q-1;;/b;12-11-;. The third kappa shape index (κ3) is 8.25. The average molecular weight is 895 g/mol. The molecule has 0 aliphatic rings. The molecule has 1 radical (unpaired) electrons. The molecule has 0 fully saturated rings. The molecule has 3 aromatic heterocycles. The first kappa shape index (κ1) is 41.4. The molecule has 0 spiro atoms. The predicted octanol–water partition coefficient (Wildman–Crippen LogP) is 14.0. The van der Waals surface area contributed by atoms with Crippen molar-refractivity contribution in [3.63, 3.8) is 0 Å². The number of rotatable bonds is 10. The summed E-state index contributed by atoms with van der Waals surface area (Å²) in [6, 6.07) is 23.2. The van der Waals surface area contributed by atoms with E-state index < -0.39 is 0 Å². The van der Waals surface area contributed by atoms with Crippen LogP contribution < -0.4 is 0 Å². The summed E-state index contributed by atoms with van der Waals surface area (Å²) in [5, 5.41) is 16.3. The molecule has 52 heavy (non-hydrogen) atoms. The van der Waals surface area contributed by atoms with Crippen molar-refractivity contribution in [2.75, 3.05) is 0 Å². The number of aliphatic hydroxyl groups excluding tert-OH is 1. The second-order valence-electron chi connectivity index (χ2n) is 16.1. The van der Waals surface area contributed by atoms with Crippen LogP contribution in [0.4, 0.5) is 0 Å². The van der Waals surface area contributed by atoms with Gasteiger partial charge in [-0.05, 0) is 66.7 Å². The van der Waals surface area contributed by atoms with Crippen molar-refractivity contribution < 1.29 is 34.4 Å². The quantitative estimate of drug-likeness (QED) is 0.0845. The Bertz CT molecular complexity index is 2210. The van der Waals surface area contributed by atoms with Gasteiger partial charge in [-0.2, -0.15) is 0 Å². The minimum Gasteiger partial charge on any atom is -0.512 e. The Morgan fingerprint density at radius 3 is 2.15 bits per heavy atom. The van der Waals surface area contributed by atoms with Crippen LogP contribution in [-0.2, 0) is 36.7 Å². The van der Waals surface area contributed by atoms with Crippen LogP contribution in [0.5, 0.6) is 0 Å². The Hall–Kier alpha value is -3.31. The number of hydrogen-bond donors (Lipinski definition) is 1. The smallest absolute Gasteiger partial charge is 0.164 e. The van der Waals surface area contributed by atoms with Crippen LogP contribution in [0.3, 0.4) is 0 Å². The summed E-state index contributed by atoms with van der Waals surface area (Å²) >= 11 is 1.82. The van der Waals surface area contributed by atoms with Gasteiger partial charge >= 0.3 is 0 Å². The SMILES string of the molecule is CC(C)Cc1cc2c(ccc3sc4c(-c5[c-]c6ccccc6c(C(C)(C)C)c5)nccc4c32)o1.CCC(C)(CC)C(=O)/C=C(\O)C(C)(CC)CC.[Ir]. The molecule has 6 heteroatoms. The fraction of sp³-hybridized carbons (Fsp3) is 0.435. The van der Waals surface area contributed by atoms with E-state index in [2.05, 4.69) is 95.3 Å². The second kappa shape index (κ2) is 16.4. The molecule has 1 N–H and O–H groups in total. The molecule has 3 aromatic carbocycles. The fourth-order valence-corrected chi connectivity index (χ4v) is 7.94. The van der Waals surface area contributed by atoms with Crippen molar-refractivity contribution in [3.8, 4) is 11.3 Å². The van der Waals surface area contributed by atoms with Crippen LogP contribution in [0.1, 0.15) is 113 Å². The summed E-state index contributed by atoms with van der Waals surface area (Å²) in [6.45, 7) is 23.4. The van der Waals surface area contributed by atoms with Crippen LogP contribution in [0.25, 0.3) is 53.2 Å². The summed E-state index contributed by atoms with van der Waals surface area (Å²) < 4.78 is 8.68. The molecule has 279 valence electrons. The number of aliphatic hydroxyl groups is 1. The Morgan fingerprint density at radius 1 is 0.885 bits per heavy atom. The maximum absolute atomic E-state index is 12.2. The molecular formula is C46H56IrNO3S-. The van der Waals surface area contributed by atoms with Crippen molar-refractivity contribution in [2.45, 2.75) is 114 Å². The van der Waals surface area contributed by atoms with Crippen LogP contribution in [0.15, 0.2) is 77.0 Å². The number of carbonyl (C=O) groups is 1. The molecule has 0 amide bonds. The third-order valence-electron chi connectivity index (χ3n) is 11.1. The molecule has 0 atom stereocenters. The second-order valence-corrected chi connectivity index (χ2v) is 17.2. The van der Waals surface area contributed by atoms with Crippen LogP contribution in [0, 0.1) is 22.8 Å². The molecule has 3 heterocycles. The molecule has 0 aliphatic carbocycles. The number of furan rings is 1. The third-order valence-corrected chi connectivity index (χ3v) is 12.3. The van der Waals surface area contributed by atoms with E-state index in [0.29, 0.717) is 5.92 Å². The zero-order valence-corrected chi connectivity index (χ0v) is 36.1. The number of benzene rings is 3. The van der Waals surface area contributed by atoms with Gasteiger partial charge in [0.15, 0.2) is 5.78 Å². The molecular weight excluding hydrogens is 839 g/mol. The normalized spacial score (nSPS) is 12.8. The largest absolute Gasteiger partial charge is 0.512 e. The number of carbonyl (C=O) groups excluding carboxylic acids is 1. The number of fused-ring (bicyclic) bond motifs is 6. The Balaban J connectivity index is 0.000000289. The van der Waals surface area contributed by atoms with E-state index in [1.165, 1.54) is 42.6 Å². The van der Waals surface area contributed by atoms with E-state index in [-0.39, 0.29) is 47.9 Å². The number of aromatic nitrogens is 1. The number of nitrogens with zero attached hydrogens (tertiary/aromatic N) is 1. The molecule has 6 rings (SSSR count). The molecule has 0 aliphatic heterocycles. The van der Waals surface area contributed by atoms with Crippen LogP contribution >= 0.6 is 11.3 Å². The first-order chi connectivity index (χ1) is 24.1. The summed E-state index contributed by atoms with van der Waals surface area (Å²) in [5.74, 6) is 1.91. The maximum atomic E-state index is 12.2. The minimum atomic E-state index is -0.337. The van der Waals surface area contributed by atoms with Crippen LogP contribution in [0.2, 0.25) is 0 Å². The van der Waals surface area contributed by atoms with E-state index >= 15 is 0 Å². The number of allylic oxidation sites excluding steroid dienone is 2. The Morgan fingerprint density at radius 2 is 1.54 bits per heavy atom. The summed E-state index contributed by atoms with van der Waals surface area (Å²) in [6.07, 6.45) is 7.65. The first-order valence-corrected chi connectivity index (χ1v) is 19.5. The van der Waals surface area contributed by atoms with Crippen molar-refractivity contribution in [1.29, 1.82) is 0 Å². The van der Waals surface area contributed by atoms with Crippen LogP contribution in [-0.4, -0.2) is 15.9 Å². The van der Waals surface area contributed by atoms with E-state index in [4.69, 9.17) is 9.40 Å². The van der Waals surface area contributed by atoms with Crippen molar-refractivity contribution in [3.05, 3.63) is 90.0 Å². The van der Waals surface area contributed by atoms with E-state index in [0.717, 1.165) is 60.1 Å². The van der Waals surface area contributed by atoms with Gasteiger partial charge in [0, 0.05) is 75.5 Å². The van der Waals surface area contributed by atoms with E-state index in [1.807, 2.05) is 59.1 Å². The maximum Gasteiger partial charge on any atom is 0.164 e. The molecule has 0 bridgehead atoms. The van der Waals surface area contributed by atoms with Gasteiger partial charge in [-0.3, -0.25) is 9.78 Å². The fourth-order valence-electron chi connectivity index (χ4n) is 6.72. The predicted molar refractivity (Wildman–Crippen MR) is 219 cm³/mol. The summed E-state index contributed by atoms with van der Waals surface area (Å²) in [5.41, 5.74) is 3.78. The Kier molecular flexibility index (Phi) is 13.0. The molecule has 0 unspecified atom stereocenters. The van der Waals surface area contributed by atoms with Crippen molar-refractivity contribution in [1.82, 2.24) is 4.98 Å². The minimum absolute atomic E-state index is 0. The van der Waals surface area contributed by atoms with Gasteiger partial charge in [-0.15, -0.1) is 40.5 Å². The van der Waals surface area contributed by atoms with Gasteiger partial charge in [-0.1, -0.05) is 105 Å². The van der Waals surface area contributed by atoms with Gasteiger partial charge in [-0.25, -0.2) is 0 Å². The molecule has 6 aromatic rings. The summed E-state index contributed by atoms with van der Waals surface area (Å²) in [7, 11) is 0. The average Bonchev–Trinajstić information content (AvgIpc) is 3.70. The summed E-state index contributed by atoms with van der Waals surface area (Å²) in [4.78, 5) is 17.1. The Labute approximate surface area is 328 Å². The topological polar surface area (TPSA) is 63.3 Å². The van der Waals surface area contributed by atoms with Gasteiger partial charge in [0.25, 0.3) is 0 Å². The van der Waals surface area contributed by atoms with Gasteiger partial charge in [0.1, 0.15) is 17.1 Å². The monoisotopic (exact) mass is 895 g/mol.